The molecule has 1 heterocycles. The number of guanidine groups is 1. The smallest absolute Gasteiger partial charge is 0.249 e. The molecule has 84 valence electrons. The number of carbonyl (C=O) groups is 1. The lowest BCUT2D eigenvalue weighted by atomic mass is 10.1. The molecule has 0 aliphatic carbocycles. The molecule has 1 aromatic rings. The standard InChI is InChI=1S/C12H15N3O/c1-13-12-14-10(11(16)15-12)8-7-9-5-3-2-4-6-9/h2-6,10H,7-8H2,1H3,(H2,13,14,15,16). The fraction of sp³-hybridized carbons (Fsp3) is 0.333. The molecule has 4 nitrogen and oxygen atoms in total. The summed E-state index contributed by atoms with van der Waals surface area (Å²) in [6.07, 6.45) is 1.68. The van der Waals surface area contributed by atoms with Gasteiger partial charge in [-0.05, 0) is 18.4 Å². The first-order valence-electron chi connectivity index (χ1n) is 5.37. The lowest BCUT2D eigenvalue weighted by molar-refractivity contribution is -0.120. The van der Waals surface area contributed by atoms with Gasteiger partial charge in [0.25, 0.3) is 0 Å². The molecule has 1 unspecified atom stereocenters. The van der Waals surface area contributed by atoms with Crippen LogP contribution in [-0.2, 0) is 11.2 Å². The number of aliphatic imine (C=N–C) groups is 1. The summed E-state index contributed by atoms with van der Waals surface area (Å²) in [6, 6.07) is 10.0. The van der Waals surface area contributed by atoms with Crippen LogP contribution in [0.1, 0.15) is 12.0 Å². The van der Waals surface area contributed by atoms with Crippen LogP contribution in [0.25, 0.3) is 0 Å². The SMILES string of the molecule is CN=C1NC(=O)C(CCc2ccccc2)N1. The summed E-state index contributed by atoms with van der Waals surface area (Å²) in [5, 5.41) is 5.74. The van der Waals surface area contributed by atoms with Crippen molar-refractivity contribution in [2.24, 2.45) is 4.99 Å². The van der Waals surface area contributed by atoms with E-state index in [9.17, 15) is 4.79 Å². The number of nitrogens with one attached hydrogen (secondary N) is 2. The van der Waals surface area contributed by atoms with E-state index in [1.807, 2.05) is 18.2 Å². The quantitative estimate of drug-likeness (QED) is 0.782. The fourth-order valence-electron chi connectivity index (χ4n) is 1.75. The Morgan fingerprint density at radius 2 is 2.06 bits per heavy atom. The molecule has 1 aromatic carbocycles. The van der Waals surface area contributed by atoms with Crippen molar-refractivity contribution in [1.29, 1.82) is 0 Å². The number of hydrogen-bond acceptors (Lipinski definition) is 2. The first-order chi connectivity index (χ1) is 7.79. The van der Waals surface area contributed by atoms with Crippen molar-refractivity contribution < 1.29 is 4.79 Å². The van der Waals surface area contributed by atoms with Crippen LogP contribution in [0.15, 0.2) is 35.3 Å². The Labute approximate surface area is 94.8 Å². The predicted molar refractivity (Wildman–Crippen MR) is 63.2 cm³/mol. The third-order valence-corrected chi connectivity index (χ3v) is 2.66. The van der Waals surface area contributed by atoms with Gasteiger partial charge >= 0.3 is 0 Å². The zero-order chi connectivity index (χ0) is 11.4. The van der Waals surface area contributed by atoms with Crippen LogP contribution in [0.5, 0.6) is 0 Å². The lowest BCUT2D eigenvalue weighted by Crippen LogP contribution is -2.29. The van der Waals surface area contributed by atoms with Gasteiger partial charge in [0.15, 0.2) is 5.96 Å². The Morgan fingerprint density at radius 3 is 2.69 bits per heavy atom. The largest absolute Gasteiger partial charge is 0.344 e. The van der Waals surface area contributed by atoms with Crippen LogP contribution < -0.4 is 10.6 Å². The summed E-state index contributed by atoms with van der Waals surface area (Å²) in [6.45, 7) is 0. The molecule has 1 aliphatic heterocycles. The average Bonchev–Trinajstić information content (AvgIpc) is 2.69. The second-order valence-electron chi connectivity index (χ2n) is 3.78. The van der Waals surface area contributed by atoms with Crippen LogP contribution >= 0.6 is 0 Å². The number of aryl methyl sites for hydroxylation is 1. The zero-order valence-electron chi connectivity index (χ0n) is 9.23. The average molecular weight is 217 g/mol. The summed E-state index contributed by atoms with van der Waals surface area (Å²) in [5.41, 5.74) is 1.25. The Kier molecular flexibility index (Phi) is 3.19. The fourth-order valence-corrected chi connectivity index (χ4v) is 1.75. The second-order valence-corrected chi connectivity index (χ2v) is 3.78. The van der Waals surface area contributed by atoms with Crippen LogP contribution in [0, 0.1) is 0 Å². The summed E-state index contributed by atoms with van der Waals surface area (Å²) in [7, 11) is 1.65. The first-order valence-corrected chi connectivity index (χ1v) is 5.37. The van der Waals surface area contributed by atoms with Crippen molar-refractivity contribution in [2.75, 3.05) is 7.05 Å². The van der Waals surface area contributed by atoms with Crippen molar-refractivity contribution in [3.8, 4) is 0 Å². The molecule has 1 fully saturated rings. The monoisotopic (exact) mass is 217 g/mol. The summed E-state index contributed by atoms with van der Waals surface area (Å²) in [4.78, 5) is 15.4. The van der Waals surface area contributed by atoms with Gasteiger partial charge in [0.2, 0.25) is 5.91 Å². The molecule has 1 atom stereocenters. The molecule has 1 aliphatic rings. The van der Waals surface area contributed by atoms with E-state index in [-0.39, 0.29) is 11.9 Å². The number of nitrogens with zero attached hydrogens (tertiary/aromatic N) is 1. The van der Waals surface area contributed by atoms with Crippen molar-refractivity contribution in [1.82, 2.24) is 10.6 Å². The zero-order valence-corrected chi connectivity index (χ0v) is 9.23. The highest BCUT2D eigenvalue weighted by Gasteiger charge is 2.26. The van der Waals surface area contributed by atoms with E-state index in [1.165, 1.54) is 5.56 Å². The minimum Gasteiger partial charge on any atom is -0.344 e. The number of carbonyl (C=O) groups excluding carboxylic acids is 1. The molecule has 2 rings (SSSR count). The first kappa shape index (κ1) is 10.7. The maximum atomic E-state index is 11.5. The van der Waals surface area contributed by atoms with Gasteiger partial charge in [0.1, 0.15) is 6.04 Å². The van der Waals surface area contributed by atoms with Gasteiger partial charge in [-0.1, -0.05) is 30.3 Å². The molecule has 0 saturated carbocycles. The summed E-state index contributed by atoms with van der Waals surface area (Å²) >= 11 is 0. The number of benzene rings is 1. The number of rotatable bonds is 3. The Bertz CT molecular complexity index is 400. The number of hydrogen-bond donors (Lipinski definition) is 2. The van der Waals surface area contributed by atoms with Gasteiger partial charge < -0.3 is 5.32 Å². The highest BCUT2D eigenvalue weighted by atomic mass is 16.2. The van der Waals surface area contributed by atoms with E-state index in [2.05, 4.69) is 27.8 Å². The lowest BCUT2D eigenvalue weighted by Gasteiger charge is -2.07. The molecule has 1 saturated heterocycles. The molecule has 4 heteroatoms. The molecule has 0 bridgehead atoms. The third-order valence-electron chi connectivity index (χ3n) is 2.66. The Morgan fingerprint density at radius 1 is 1.31 bits per heavy atom. The van der Waals surface area contributed by atoms with Gasteiger partial charge in [-0.25, -0.2) is 0 Å². The van der Waals surface area contributed by atoms with Crippen LogP contribution in [-0.4, -0.2) is 25.0 Å². The highest BCUT2D eigenvalue weighted by Crippen LogP contribution is 2.07. The molecule has 1 amide bonds. The van der Waals surface area contributed by atoms with Crippen LogP contribution in [0.4, 0.5) is 0 Å². The normalized spacial score (nSPS) is 21.9. The van der Waals surface area contributed by atoms with Crippen molar-refractivity contribution in [3.63, 3.8) is 0 Å². The molecule has 0 spiro atoms. The van der Waals surface area contributed by atoms with Crippen molar-refractivity contribution in [3.05, 3.63) is 35.9 Å². The Hall–Kier alpha value is -1.84. The maximum absolute atomic E-state index is 11.5. The van der Waals surface area contributed by atoms with Crippen molar-refractivity contribution in [2.45, 2.75) is 18.9 Å². The molecular formula is C12H15N3O. The van der Waals surface area contributed by atoms with Gasteiger partial charge in [-0.2, -0.15) is 0 Å². The minimum absolute atomic E-state index is 0.0107. The molecule has 0 aromatic heterocycles. The van der Waals surface area contributed by atoms with Crippen LogP contribution in [0.2, 0.25) is 0 Å². The van der Waals surface area contributed by atoms with Gasteiger partial charge in [0.05, 0.1) is 0 Å². The summed E-state index contributed by atoms with van der Waals surface area (Å²) in [5.74, 6) is 0.583. The second kappa shape index (κ2) is 4.79. The minimum atomic E-state index is -0.154. The molecular weight excluding hydrogens is 202 g/mol. The maximum Gasteiger partial charge on any atom is 0.249 e. The van der Waals surface area contributed by atoms with Gasteiger partial charge in [-0.15, -0.1) is 0 Å². The van der Waals surface area contributed by atoms with Gasteiger partial charge in [0, 0.05) is 7.05 Å². The van der Waals surface area contributed by atoms with E-state index >= 15 is 0 Å². The van der Waals surface area contributed by atoms with E-state index in [1.54, 1.807) is 7.05 Å². The van der Waals surface area contributed by atoms with Crippen molar-refractivity contribution >= 4 is 11.9 Å². The topological polar surface area (TPSA) is 53.5 Å². The highest BCUT2D eigenvalue weighted by molar-refractivity contribution is 6.06. The molecule has 0 radical (unpaired) electrons. The predicted octanol–water partition coefficient (Wildman–Crippen LogP) is 0.693. The van der Waals surface area contributed by atoms with Crippen LogP contribution in [0.3, 0.4) is 0 Å². The van der Waals surface area contributed by atoms with E-state index < -0.39 is 0 Å². The number of amides is 1. The van der Waals surface area contributed by atoms with E-state index in [4.69, 9.17) is 0 Å². The van der Waals surface area contributed by atoms with E-state index in [0.717, 1.165) is 12.8 Å². The Balaban J connectivity index is 1.90. The summed E-state index contributed by atoms with van der Waals surface area (Å²) < 4.78 is 0. The molecule has 2 N–H and O–H groups in total. The molecule has 16 heavy (non-hydrogen) atoms. The third kappa shape index (κ3) is 2.39. The van der Waals surface area contributed by atoms with E-state index in [0.29, 0.717) is 5.96 Å². The van der Waals surface area contributed by atoms with Gasteiger partial charge in [-0.3, -0.25) is 15.1 Å².